The molecule has 0 radical (unpaired) electrons. The first-order valence-electron chi connectivity index (χ1n) is 12.8. The minimum absolute atomic E-state index is 0.300. The molecule has 0 bridgehead atoms. The molecule has 10 heteroatoms. The Kier molecular flexibility index (Phi) is 9.11. The SMILES string of the molecule is COc1ccc2cc([C@@H]3CCN(C[C@H](O)COc4cccc5[nH]c(C)cc45)[C@H](C)C3)sc2c1.O=C(O)C(=O)O. The van der Waals surface area contributed by atoms with Gasteiger partial charge in [0.2, 0.25) is 0 Å². The number of aromatic nitrogens is 1. The molecule has 4 aromatic rings. The highest BCUT2D eigenvalue weighted by Crippen LogP contribution is 2.39. The smallest absolute Gasteiger partial charge is 0.414 e. The molecule has 0 saturated carbocycles. The molecule has 1 aliphatic heterocycles. The highest BCUT2D eigenvalue weighted by atomic mass is 32.1. The van der Waals surface area contributed by atoms with Crippen LogP contribution in [0.5, 0.6) is 11.5 Å². The van der Waals surface area contributed by atoms with Gasteiger partial charge in [-0.15, -0.1) is 11.3 Å². The van der Waals surface area contributed by atoms with Gasteiger partial charge < -0.3 is 29.8 Å². The number of aliphatic hydroxyl groups excluding tert-OH is 1. The first-order chi connectivity index (χ1) is 18.6. The van der Waals surface area contributed by atoms with Crippen molar-refractivity contribution in [1.82, 2.24) is 9.88 Å². The fourth-order valence-electron chi connectivity index (χ4n) is 5.01. The summed E-state index contributed by atoms with van der Waals surface area (Å²) in [5, 5.41) is 27.8. The van der Waals surface area contributed by atoms with Crippen molar-refractivity contribution in [3.05, 3.63) is 59.1 Å². The van der Waals surface area contributed by atoms with Crippen LogP contribution in [-0.4, -0.2) is 76.1 Å². The van der Waals surface area contributed by atoms with Crippen LogP contribution in [0, 0.1) is 6.92 Å². The lowest BCUT2D eigenvalue weighted by Gasteiger charge is -2.38. The molecule has 5 rings (SSSR count). The summed E-state index contributed by atoms with van der Waals surface area (Å²) in [4.78, 5) is 25.4. The number of H-pyrrole nitrogens is 1. The number of thiophene rings is 1. The molecule has 0 spiro atoms. The van der Waals surface area contributed by atoms with E-state index in [1.807, 2.05) is 42.5 Å². The van der Waals surface area contributed by atoms with Gasteiger partial charge in [-0.2, -0.15) is 0 Å². The summed E-state index contributed by atoms with van der Waals surface area (Å²) < 4.78 is 12.7. The number of fused-ring (bicyclic) bond motifs is 2. The Bertz CT molecular complexity index is 1430. The number of piperidine rings is 1. The molecule has 0 amide bonds. The van der Waals surface area contributed by atoms with Crippen molar-refractivity contribution in [3.8, 4) is 11.5 Å². The maximum absolute atomic E-state index is 10.7. The number of aryl methyl sites for hydroxylation is 1. The number of β-amino-alcohol motifs (C(OH)–C–C–N with tert-alkyl or cyclic N) is 1. The van der Waals surface area contributed by atoms with Gasteiger partial charge in [0, 0.05) is 38.8 Å². The number of carboxylic acids is 2. The number of carbonyl (C=O) groups is 2. The van der Waals surface area contributed by atoms with Crippen LogP contribution < -0.4 is 9.47 Å². The summed E-state index contributed by atoms with van der Waals surface area (Å²) in [5.41, 5.74) is 2.17. The number of benzene rings is 2. The van der Waals surface area contributed by atoms with Crippen molar-refractivity contribution in [2.75, 3.05) is 26.8 Å². The van der Waals surface area contributed by atoms with E-state index in [0.717, 1.165) is 47.5 Å². The fraction of sp³-hybridized carbons (Fsp3) is 0.379. The Labute approximate surface area is 230 Å². The van der Waals surface area contributed by atoms with Gasteiger partial charge in [-0.25, -0.2) is 9.59 Å². The van der Waals surface area contributed by atoms with E-state index in [0.29, 0.717) is 25.1 Å². The molecule has 1 saturated heterocycles. The molecule has 1 fully saturated rings. The van der Waals surface area contributed by atoms with E-state index in [1.165, 1.54) is 15.0 Å². The van der Waals surface area contributed by atoms with E-state index in [2.05, 4.69) is 41.1 Å². The third kappa shape index (κ3) is 7.08. The minimum Gasteiger partial charge on any atom is -0.497 e. The van der Waals surface area contributed by atoms with Gasteiger partial charge in [0.15, 0.2) is 0 Å². The second-order valence-electron chi connectivity index (χ2n) is 9.86. The Balaban J connectivity index is 0.000000531. The number of hydrogen-bond acceptors (Lipinski definition) is 7. The highest BCUT2D eigenvalue weighted by Gasteiger charge is 2.29. The Hall–Kier alpha value is -3.60. The lowest BCUT2D eigenvalue weighted by atomic mass is 9.90. The summed E-state index contributed by atoms with van der Waals surface area (Å²) in [5.74, 6) is -1.34. The highest BCUT2D eigenvalue weighted by molar-refractivity contribution is 7.19. The number of carboxylic acid groups (broad SMARTS) is 2. The van der Waals surface area contributed by atoms with Crippen molar-refractivity contribution in [3.63, 3.8) is 0 Å². The zero-order chi connectivity index (χ0) is 28.1. The van der Waals surface area contributed by atoms with Gasteiger partial charge in [-0.3, -0.25) is 4.90 Å². The molecule has 1 aliphatic rings. The zero-order valence-corrected chi connectivity index (χ0v) is 23.0. The molecular formula is C29H34N2O7S. The summed E-state index contributed by atoms with van der Waals surface area (Å²) in [6.45, 7) is 6.25. The van der Waals surface area contributed by atoms with Gasteiger partial charge in [0.25, 0.3) is 0 Å². The normalized spacial score (nSPS) is 18.4. The van der Waals surface area contributed by atoms with E-state index in [-0.39, 0.29) is 0 Å². The van der Waals surface area contributed by atoms with Crippen molar-refractivity contribution in [2.24, 2.45) is 0 Å². The summed E-state index contributed by atoms with van der Waals surface area (Å²) in [6, 6.07) is 17.2. The monoisotopic (exact) mass is 554 g/mol. The Morgan fingerprint density at radius 3 is 2.62 bits per heavy atom. The first-order valence-corrected chi connectivity index (χ1v) is 13.6. The molecule has 0 aliphatic carbocycles. The predicted octanol–water partition coefficient (Wildman–Crippen LogP) is 4.86. The van der Waals surface area contributed by atoms with Crippen LogP contribution in [0.2, 0.25) is 0 Å². The van der Waals surface area contributed by atoms with E-state index in [9.17, 15) is 5.11 Å². The number of nitrogens with zero attached hydrogens (tertiary/aromatic N) is 1. The number of nitrogens with one attached hydrogen (secondary N) is 1. The van der Waals surface area contributed by atoms with Crippen LogP contribution in [0.25, 0.3) is 21.0 Å². The van der Waals surface area contributed by atoms with E-state index < -0.39 is 18.0 Å². The second-order valence-corrected chi connectivity index (χ2v) is 11.0. The number of hydrogen-bond donors (Lipinski definition) is 4. The molecule has 4 N–H and O–H groups in total. The lowest BCUT2D eigenvalue weighted by Crippen LogP contribution is -2.45. The van der Waals surface area contributed by atoms with E-state index >= 15 is 0 Å². The van der Waals surface area contributed by atoms with E-state index in [4.69, 9.17) is 29.3 Å². The van der Waals surface area contributed by atoms with Crippen molar-refractivity contribution in [2.45, 2.75) is 44.8 Å². The topological polar surface area (TPSA) is 132 Å². The number of ether oxygens (including phenoxy) is 2. The predicted molar refractivity (Wildman–Crippen MR) is 151 cm³/mol. The van der Waals surface area contributed by atoms with Crippen LogP contribution >= 0.6 is 11.3 Å². The maximum Gasteiger partial charge on any atom is 0.414 e. The largest absolute Gasteiger partial charge is 0.497 e. The van der Waals surface area contributed by atoms with Gasteiger partial charge in [-0.1, -0.05) is 6.07 Å². The molecule has 208 valence electrons. The zero-order valence-electron chi connectivity index (χ0n) is 22.2. The third-order valence-corrected chi connectivity index (χ3v) is 8.24. The second kappa shape index (κ2) is 12.5. The minimum atomic E-state index is -1.82. The van der Waals surface area contributed by atoms with Crippen LogP contribution in [0.15, 0.2) is 48.5 Å². The number of methoxy groups -OCH3 is 1. The third-order valence-electron chi connectivity index (χ3n) is 6.98. The molecule has 3 heterocycles. The number of likely N-dealkylation sites (tertiary alicyclic amines) is 1. The van der Waals surface area contributed by atoms with Crippen molar-refractivity contribution >= 4 is 44.3 Å². The fourth-order valence-corrected chi connectivity index (χ4v) is 6.25. The number of aliphatic carboxylic acids is 2. The summed E-state index contributed by atoms with van der Waals surface area (Å²) in [6.07, 6.45) is 1.71. The van der Waals surface area contributed by atoms with Gasteiger partial charge >= 0.3 is 11.9 Å². The van der Waals surface area contributed by atoms with Crippen molar-refractivity contribution < 1.29 is 34.4 Å². The molecule has 0 unspecified atom stereocenters. The molecule has 2 aromatic heterocycles. The summed E-state index contributed by atoms with van der Waals surface area (Å²) in [7, 11) is 1.72. The van der Waals surface area contributed by atoms with Crippen LogP contribution in [0.4, 0.5) is 0 Å². The molecule has 3 atom stereocenters. The van der Waals surface area contributed by atoms with Gasteiger partial charge in [0.1, 0.15) is 24.2 Å². The molecule has 9 nitrogen and oxygen atoms in total. The quantitative estimate of drug-likeness (QED) is 0.238. The van der Waals surface area contributed by atoms with Gasteiger partial charge in [0.05, 0.1) is 7.11 Å². The standard InChI is InChI=1S/C27H32N2O3S.C2H2O4/c1-17-11-23-24(28-17)5-4-6-25(23)32-16-21(30)15-29-10-9-20(12-18(29)2)26-13-19-7-8-22(31-3)14-27(19)33-26;3-1(4)2(5)6/h4-8,11,13-14,18,20-21,28,30H,9-10,12,15-16H2,1-3H3;(H,3,4)(H,5,6)/t18-,20-,21+;/m1./s1. The summed E-state index contributed by atoms with van der Waals surface area (Å²) >= 11 is 1.89. The average Bonchev–Trinajstić information content (AvgIpc) is 3.51. The lowest BCUT2D eigenvalue weighted by molar-refractivity contribution is -0.159. The molecular weight excluding hydrogens is 520 g/mol. The molecule has 39 heavy (non-hydrogen) atoms. The Morgan fingerprint density at radius 2 is 1.92 bits per heavy atom. The van der Waals surface area contributed by atoms with Crippen LogP contribution in [0.3, 0.4) is 0 Å². The average molecular weight is 555 g/mol. The van der Waals surface area contributed by atoms with E-state index in [1.54, 1.807) is 7.11 Å². The van der Waals surface area contributed by atoms with Crippen LogP contribution in [0.1, 0.15) is 36.3 Å². The maximum atomic E-state index is 10.7. The Morgan fingerprint density at radius 1 is 1.15 bits per heavy atom. The first kappa shape index (κ1) is 28.4. The van der Waals surface area contributed by atoms with Gasteiger partial charge in [-0.05, 0) is 87.0 Å². The number of aromatic amines is 1. The number of rotatable bonds is 7. The molecule has 2 aromatic carbocycles. The van der Waals surface area contributed by atoms with Crippen molar-refractivity contribution in [1.29, 1.82) is 0 Å². The number of aliphatic hydroxyl groups is 1. The van der Waals surface area contributed by atoms with Crippen LogP contribution in [-0.2, 0) is 9.59 Å².